The topological polar surface area (TPSA) is 104 Å². The van der Waals surface area contributed by atoms with Crippen LogP contribution in [0.25, 0.3) is 0 Å². The van der Waals surface area contributed by atoms with E-state index in [1.807, 2.05) is 11.6 Å². The largest absolute Gasteiger partial charge is 0.433 e. The number of halogens is 3. The molecule has 2 heterocycles. The van der Waals surface area contributed by atoms with Crippen molar-refractivity contribution < 1.29 is 26.4 Å². The molecule has 0 atom stereocenters. The first kappa shape index (κ1) is 21.8. The van der Waals surface area contributed by atoms with E-state index in [9.17, 15) is 26.4 Å². The molecule has 12 heteroatoms. The van der Waals surface area contributed by atoms with Gasteiger partial charge >= 0.3 is 12.2 Å². The molecule has 162 valence electrons. The maximum atomic E-state index is 12.8. The number of anilines is 1. The van der Waals surface area contributed by atoms with E-state index in [1.54, 1.807) is 17.0 Å². The molecule has 1 fully saturated rings. The van der Waals surface area contributed by atoms with Crippen LogP contribution in [0.15, 0.2) is 41.4 Å². The molecule has 1 saturated heterocycles. The maximum Gasteiger partial charge on any atom is 0.433 e. The van der Waals surface area contributed by atoms with Crippen molar-refractivity contribution in [1.82, 2.24) is 20.0 Å². The summed E-state index contributed by atoms with van der Waals surface area (Å²) < 4.78 is 64.9. The molecule has 2 N–H and O–H groups in total. The summed E-state index contributed by atoms with van der Waals surface area (Å²) in [6, 6.07) is 5.66. The number of amides is 2. The lowest BCUT2D eigenvalue weighted by Gasteiger charge is -2.32. The number of piperidine rings is 1. The first-order chi connectivity index (χ1) is 14.0. The van der Waals surface area contributed by atoms with E-state index in [0.29, 0.717) is 25.9 Å². The molecule has 2 amide bonds. The summed E-state index contributed by atoms with van der Waals surface area (Å²) in [6.45, 7) is 2.45. The molecule has 0 radical (unpaired) electrons. The fourth-order valence-electron chi connectivity index (χ4n) is 3.00. The minimum absolute atomic E-state index is 0.0280. The third kappa shape index (κ3) is 5.38. The molecule has 0 spiro atoms. The van der Waals surface area contributed by atoms with Gasteiger partial charge in [-0.2, -0.15) is 13.2 Å². The van der Waals surface area contributed by atoms with Crippen molar-refractivity contribution in [2.75, 3.05) is 18.0 Å². The number of hydrogen-bond donors (Lipinski definition) is 2. The summed E-state index contributed by atoms with van der Waals surface area (Å²) in [7, 11) is -4.00. The average Bonchev–Trinajstić information content (AvgIpc) is 2.68. The Labute approximate surface area is 171 Å². The van der Waals surface area contributed by atoms with Crippen LogP contribution in [0.5, 0.6) is 0 Å². The molecule has 0 unspecified atom stereocenters. The van der Waals surface area contributed by atoms with Crippen LogP contribution in [-0.4, -0.2) is 43.5 Å². The lowest BCUT2D eigenvalue weighted by molar-refractivity contribution is -0.141. The maximum absolute atomic E-state index is 12.8. The Kier molecular flexibility index (Phi) is 6.15. The standard InChI is InChI=1S/C18H20F3N5O3S/c1-12-2-4-14(5-3-12)30(28,29)25-17(27)23-13-7-10-26(11-8-13)16-22-9-6-15(24-16)18(19,20)21/h2-6,9,13H,7-8,10-11H2,1H3,(H2,23,25,27). The first-order valence-electron chi connectivity index (χ1n) is 9.10. The van der Waals surface area contributed by atoms with Crippen LogP contribution in [0.2, 0.25) is 0 Å². The second kappa shape index (κ2) is 8.46. The van der Waals surface area contributed by atoms with Gasteiger partial charge < -0.3 is 10.2 Å². The van der Waals surface area contributed by atoms with E-state index in [4.69, 9.17) is 0 Å². The molecule has 3 rings (SSSR count). The minimum atomic E-state index is -4.56. The highest BCUT2D eigenvalue weighted by Gasteiger charge is 2.33. The van der Waals surface area contributed by atoms with Crippen LogP contribution in [0, 0.1) is 6.92 Å². The number of aryl methyl sites for hydroxylation is 1. The number of nitrogens with zero attached hydrogens (tertiary/aromatic N) is 3. The van der Waals surface area contributed by atoms with Gasteiger partial charge in [0.2, 0.25) is 5.95 Å². The van der Waals surface area contributed by atoms with Gasteiger partial charge in [0.25, 0.3) is 10.0 Å². The molecule has 1 aliphatic rings. The van der Waals surface area contributed by atoms with E-state index in [2.05, 4.69) is 15.3 Å². The number of rotatable bonds is 4. The lowest BCUT2D eigenvalue weighted by Crippen LogP contribution is -2.49. The molecular weight excluding hydrogens is 423 g/mol. The Morgan fingerprint density at radius 2 is 1.77 bits per heavy atom. The third-order valence-electron chi connectivity index (χ3n) is 4.60. The molecule has 0 aliphatic carbocycles. The van der Waals surface area contributed by atoms with Crippen molar-refractivity contribution in [1.29, 1.82) is 0 Å². The van der Waals surface area contributed by atoms with Gasteiger partial charge in [-0.25, -0.2) is 27.9 Å². The summed E-state index contributed by atoms with van der Waals surface area (Å²) in [5, 5.41) is 2.59. The zero-order chi connectivity index (χ0) is 21.9. The van der Waals surface area contributed by atoms with Crippen molar-refractivity contribution in [2.45, 2.75) is 36.9 Å². The Hall–Kier alpha value is -2.89. The zero-order valence-electron chi connectivity index (χ0n) is 16.0. The highest BCUT2D eigenvalue weighted by atomic mass is 32.2. The number of carbonyl (C=O) groups is 1. The Balaban J connectivity index is 1.54. The molecular formula is C18H20F3N5O3S. The third-order valence-corrected chi connectivity index (χ3v) is 5.95. The number of alkyl halides is 3. The number of hydrogen-bond acceptors (Lipinski definition) is 6. The second-order valence-electron chi connectivity index (χ2n) is 6.89. The van der Waals surface area contributed by atoms with Gasteiger partial charge in [0.1, 0.15) is 5.69 Å². The van der Waals surface area contributed by atoms with Crippen LogP contribution in [-0.2, 0) is 16.2 Å². The summed E-state index contributed by atoms with van der Waals surface area (Å²) in [5.74, 6) is -0.0327. The fraction of sp³-hybridized carbons (Fsp3) is 0.389. The average molecular weight is 443 g/mol. The SMILES string of the molecule is Cc1ccc(S(=O)(=O)NC(=O)NC2CCN(c3nccc(C(F)(F)F)n3)CC2)cc1. The van der Waals surface area contributed by atoms with Gasteiger partial charge in [-0.1, -0.05) is 17.7 Å². The van der Waals surface area contributed by atoms with Gasteiger partial charge in [-0.15, -0.1) is 0 Å². The van der Waals surface area contributed by atoms with E-state index in [1.165, 1.54) is 12.1 Å². The molecule has 1 aromatic carbocycles. The van der Waals surface area contributed by atoms with E-state index >= 15 is 0 Å². The van der Waals surface area contributed by atoms with Crippen LogP contribution >= 0.6 is 0 Å². The molecule has 1 aromatic heterocycles. The van der Waals surface area contributed by atoms with E-state index in [-0.39, 0.29) is 16.9 Å². The lowest BCUT2D eigenvalue weighted by atomic mass is 10.1. The van der Waals surface area contributed by atoms with Crippen LogP contribution in [0.1, 0.15) is 24.1 Å². The number of sulfonamides is 1. The zero-order valence-corrected chi connectivity index (χ0v) is 16.8. The summed E-state index contributed by atoms with van der Waals surface area (Å²) in [4.78, 5) is 21.1. The van der Waals surface area contributed by atoms with Crippen LogP contribution in [0.4, 0.5) is 23.9 Å². The van der Waals surface area contributed by atoms with Crippen LogP contribution < -0.4 is 14.9 Å². The quantitative estimate of drug-likeness (QED) is 0.752. The predicted octanol–water partition coefficient (Wildman–Crippen LogP) is 2.46. The molecule has 0 saturated carbocycles. The summed E-state index contributed by atoms with van der Waals surface area (Å²) in [5.41, 5.74) is -0.136. The number of carbonyl (C=O) groups excluding carboxylic acids is 1. The summed E-state index contributed by atoms with van der Waals surface area (Å²) in [6.07, 6.45) is -2.70. The minimum Gasteiger partial charge on any atom is -0.341 e. The Bertz CT molecular complexity index is 1000. The number of urea groups is 1. The Morgan fingerprint density at radius 3 is 2.37 bits per heavy atom. The highest BCUT2D eigenvalue weighted by molar-refractivity contribution is 7.90. The van der Waals surface area contributed by atoms with E-state index < -0.39 is 27.9 Å². The van der Waals surface area contributed by atoms with Crippen molar-refractivity contribution in [2.24, 2.45) is 0 Å². The monoisotopic (exact) mass is 443 g/mol. The van der Waals surface area contributed by atoms with Crippen LogP contribution in [0.3, 0.4) is 0 Å². The summed E-state index contributed by atoms with van der Waals surface area (Å²) >= 11 is 0. The van der Waals surface area contributed by atoms with Gasteiger partial charge in [-0.3, -0.25) is 0 Å². The van der Waals surface area contributed by atoms with Gasteiger partial charge in [0.15, 0.2) is 0 Å². The molecule has 1 aliphatic heterocycles. The molecule has 0 bridgehead atoms. The Morgan fingerprint density at radius 1 is 1.13 bits per heavy atom. The van der Waals surface area contributed by atoms with Gasteiger partial charge in [0, 0.05) is 25.3 Å². The number of benzene rings is 1. The second-order valence-corrected chi connectivity index (χ2v) is 8.58. The van der Waals surface area contributed by atoms with Crippen molar-refractivity contribution in [3.8, 4) is 0 Å². The van der Waals surface area contributed by atoms with Crippen molar-refractivity contribution >= 4 is 22.0 Å². The van der Waals surface area contributed by atoms with Crippen molar-refractivity contribution in [3.05, 3.63) is 47.8 Å². The molecule has 8 nitrogen and oxygen atoms in total. The smallest absolute Gasteiger partial charge is 0.341 e. The predicted molar refractivity (Wildman–Crippen MR) is 102 cm³/mol. The fourth-order valence-corrected chi connectivity index (χ4v) is 3.91. The van der Waals surface area contributed by atoms with Crippen molar-refractivity contribution in [3.63, 3.8) is 0 Å². The highest BCUT2D eigenvalue weighted by Crippen LogP contribution is 2.28. The number of aromatic nitrogens is 2. The number of nitrogens with one attached hydrogen (secondary N) is 2. The van der Waals surface area contributed by atoms with Gasteiger partial charge in [0.05, 0.1) is 4.90 Å². The molecule has 2 aromatic rings. The van der Waals surface area contributed by atoms with E-state index in [0.717, 1.165) is 17.8 Å². The molecule has 30 heavy (non-hydrogen) atoms. The first-order valence-corrected chi connectivity index (χ1v) is 10.6. The van der Waals surface area contributed by atoms with Gasteiger partial charge in [-0.05, 0) is 38.0 Å². The normalized spacial score (nSPS) is 15.7.